The summed E-state index contributed by atoms with van der Waals surface area (Å²) in [4.78, 5) is 24.6. The zero-order valence-corrected chi connectivity index (χ0v) is 11.2. The molecule has 1 aliphatic heterocycles. The predicted octanol–water partition coefficient (Wildman–Crippen LogP) is 1.83. The highest BCUT2D eigenvalue weighted by atomic mass is 35.5. The third-order valence-corrected chi connectivity index (χ3v) is 3.28. The van der Waals surface area contributed by atoms with Gasteiger partial charge in [0.25, 0.3) is 5.91 Å². The number of nitrogens with zero attached hydrogens (tertiary/aromatic N) is 1. The molecule has 1 saturated heterocycles. The second-order valence-electron chi connectivity index (χ2n) is 4.56. The number of carbonyl (C=O) groups excluding carboxylic acids is 2. The predicted molar refractivity (Wildman–Crippen MR) is 69.5 cm³/mol. The molecule has 2 rings (SSSR count). The maximum atomic E-state index is 13.6. The van der Waals surface area contributed by atoms with Gasteiger partial charge in [-0.05, 0) is 24.6 Å². The fourth-order valence-corrected chi connectivity index (χ4v) is 2.35. The molecule has 4 nitrogen and oxygen atoms in total. The minimum atomic E-state index is -0.586. The summed E-state index contributed by atoms with van der Waals surface area (Å²) in [5, 5.41) is 3.07. The Bertz CT molecular complexity index is 521. The van der Waals surface area contributed by atoms with Gasteiger partial charge in [0.1, 0.15) is 5.82 Å². The van der Waals surface area contributed by atoms with E-state index in [2.05, 4.69) is 5.32 Å². The van der Waals surface area contributed by atoms with E-state index in [4.69, 9.17) is 11.6 Å². The SMILES string of the molecule is CC(=O)NC1CCN(C(=O)c2cc(Cl)ccc2F)C1. The van der Waals surface area contributed by atoms with E-state index in [1.165, 1.54) is 30.0 Å². The van der Waals surface area contributed by atoms with Crippen molar-refractivity contribution in [1.82, 2.24) is 10.2 Å². The van der Waals surface area contributed by atoms with Crippen LogP contribution >= 0.6 is 11.6 Å². The molecule has 2 amide bonds. The van der Waals surface area contributed by atoms with Crippen molar-refractivity contribution in [2.24, 2.45) is 0 Å². The Balaban J connectivity index is 2.09. The van der Waals surface area contributed by atoms with Crippen molar-refractivity contribution < 1.29 is 14.0 Å². The molecule has 1 fully saturated rings. The lowest BCUT2D eigenvalue weighted by molar-refractivity contribution is -0.119. The van der Waals surface area contributed by atoms with E-state index in [0.29, 0.717) is 24.5 Å². The fraction of sp³-hybridized carbons (Fsp3) is 0.385. The molecule has 1 aromatic carbocycles. The molecule has 0 spiro atoms. The van der Waals surface area contributed by atoms with Gasteiger partial charge in [0.05, 0.1) is 5.56 Å². The fourth-order valence-electron chi connectivity index (χ4n) is 2.18. The lowest BCUT2D eigenvalue weighted by Gasteiger charge is -2.17. The minimum Gasteiger partial charge on any atom is -0.352 e. The summed E-state index contributed by atoms with van der Waals surface area (Å²) < 4.78 is 13.6. The highest BCUT2D eigenvalue weighted by molar-refractivity contribution is 6.31. The summed E-state index contributed by atoms with van der Waals surface area (Å²) in [6.45, 7) is 2.32. The molecule has 19 heavy (non-hydrogen) atoms. The molecular formula is C13H14ClFN2O2. The zero-order valence-electron chi connectivity index (χ0n) is 10.5. The van der Waals surface area contributed by atoms with E-state index in [0.717, 1.165) is 0 Å². The van der Waals surface area contributed by atoms with Crippen molar-refractivity contribution in [1.29, 1.82) is 0 Å². The van der Waals surface area contributed by atoms with Crippen LogP contribution < -0.4 is 5.32 Å². The normalized spacial score (nSPS) is 18.5. The second-order valence-corrected chi connectivity index (χ2v) is 5.00. The third kappa shape index (κ3) is 3.23. The highest BCUT2D eigenvalue weighted by Gasteiger charge is 2.28. The van der Waals surface area contributed by atoms with Gasteiger partial charge in [0.2, 0.25) is 5.91 Å². The van der Waals surface area contributed by atoms with Crippen LogP contribution in [0.15, 0.2) is 18.2 Å². The Kier molecular flexibility index (Phi) is 4.04. The van der Waals surface area contributed by atoms with Gasteiger partial charge in [0.15, 0.2) is 0 Å². The quantitative estimate of drug-likeness (QED) is 0.901. The van der Waals surface area contributed by atoms with E-state index >= 15 is 0 Å². The van der Waals surface area contributed by atoms with Gasteiger partial charge >= 0.3 is 0 Å². The van der Waals surface area contributed by atoms with Crippen LogP contribution in [0.4, 0.5) is 4.39 Å². The molecule has 102 valence electrons. The largest absolute Gasteiger partial charge is 0.352 e. The van der Waals surface area contributed by atoms with Crippen molar-refractivity contribution in [3.63, 3.8) is 0 Å². The third-order valence-electron chi connectivity index (χ3n) is 3.04. The Morgan fingerprint density at radius 2 is 2.21 bits per heavy atom. The number of halogens is 2. The number of hydrogen-bond donors (Lipinski definition) is 1. The van der Waals surface area contributed by atoms with E-state index in [1.54, 1.807) is 0 Å². The maximum absolute atomic E-state index is 13.6. The van der Waals surface area contributed by atoms with Crippen LogP contribution in [0, 0.1) is 5.82 Å². The lowest BCUT2D eigenvalue weighted by atomic mass is 10.2. The first-order valence-corrected chi connectivity index (χ1v) is 6.36. The summed E-state index contributed by atoms with van der Waals surface area (Å²) in [7, 11) is 0. The van der Waals surface area contributed by atoms with Gasteiger partial charge < -0.3 is 10.2 Å². The number of nitrogens with one attached hydrogen (secondary N) is 1. The van der Waals surface area contributed by atoms with Crippen LogP contribution in [0.25, 0.3) is 0 Å². The summed E-state index contributed by atoms with van der Waals surface area (Å²) in [6, 6.07) is 3.84. The molecule has 0 saturated carbocycles. The number of carbonyl (C=O) groups is 2. The molecule has 0 aliphatic carbocycles. The smallest absolute Gasteiger partial charge is 0.256 e. The van der Waals surface area contributed by atoms with Crippen molar-refractivity contribution in [3.05, 3.63) is 34.6 Å². The molecule has 1 N–H and O–H groups in total. The zero-order chi connectivity index (χ0) is 14.0. The molecule has 6 heteroatoms. The molecule has 1 unspecified atom stereocenters. The first kappa shape index (κ1) is 13.8. The number of amides is 2. The van der Waals surface area contributed by atoms with Crippen LogP contribution in [0.3, 0.4) is 0 Å². The molecule has 1 atom stereocenters. The van der Waals surface area contributed by atoms with Gasteiger partial charge in [-0.15, -0.1) is 0 Å². The van der Waals surface area contributed by atoms with Gasteiger partial charge in [-0.25, -0.2) is 4.39 Å². The Morgan fingerprint density at radius 1 is 1.47 bits per heavy atom. The van der Waals surface area contributed by atoms with Crippen molar-refractivity contribution >= 4 is 23.4 Å². The van der Waals surface area contributed by atoms with Crippen LogP contribution in [0.2, 0.25) is 5.02 Å². The first-order valence-electron chi connectivity index (χ1n) is 5.99. The summed E-state index contributed by atoms with van der Waals surface area (Å²) in [5.41, 5.74) is -0.0315. The number of likely N-dealkylation sites (tertiary alicyclic amines) is 1. The van der Waals surface area contributed by atoms with E-state index in [-0.39, 0.29) is 17.5 Å². The van der Waals surface area contributed by atoms with Crippen molar-refractivity contribution in [3.8, 4) is 0 Å². The van der Waals surface area contributed by atoms with E-state index in [1.807, 2.05) is 0 Å². The van der Waals surface area contributed by atoms with E-state index in [9.17, 15) is 14.0 Å². The average Bonchev–Trinajstić information content (AvgIpc) is 2.79. The van der Waals surface area contributed by atoms with Crippen LogP contribution in [0.1, 0.15) is 23.7 Å². The number of benzene rings is 1. The van der Waals surface area contributed by atoms with Gasteiger partial charge in [-0.1, -0.05) is 11.6 Å². The Labute approximate surface area is 115 Å². The topological polar surface area (TPSA) is 49.4 Å². The molecule has 1 aromatic rings. The maximum Gasteiger partial charge on any atom is 0.256 e. The Hall–Kier alpha value is -1.62. The van der Waals surface area contributed by atoms with Crippen LogP contribution in [-0.2, 0) is 4.79 Å². The average molecular weight is 285 g/mol. The van der Waals surface area contributed by atoms with Crippen molar-refractivity contribution in [2.45, 2.75) is 19.4 Å². The monoisotopic (exact) mass is 284 g/mol. The van der Waals surface area contributed by atoms with Crippen molar-refractivity contribution in [2.75, 3.05) is 13.1 Å². The van der Waals surface area contributed by atoms with Crippen LogP contribution in [0.5, 0.6) is 0 Å². The molecular weight excluding hydrogens is 271 g/mol. The number of rotatable bonds is 2. The highest BCUT2D eigenvalue weighted by Crippen LogP contribution is 2.19. The summed E-state index contributed by atoms with van der Waals surface area (Å²) in [6.07, 6.45) is 0.674. The molecule has 0 aromatic heterocycles. The second kappa shape index (κ2) is 5.57. The lowest BCUT2D eigenvalue weighted by Crippen LogP contribution is -2.37. The molecule has 0 radical (unpaired) electrons. The Morgan fingerprint density at radius 3 is 2.89 bits per heavy atom. The first-order chi connectivity index (χ1) is 8.97. The molecule has 1 aliphatic rings. The molecule has 1 heterocycles. The van der Waals surface area contributed by atoms with Crippen LogP contribution in [-0.4, -0.2) is 35.8 Å². The van der Waals surface area contributed by atoms with Gasteiger partial charge in [-0.3, -0.25) is 9.59 Å². The minimum absolute atomic E-state index is 0.0315. The number of hydrogen-bond acceptors (Lipinski definition) is 2. The van der Waals surface area contributed by atoms with Gasteiger partial charge in [-0.2, -0.15) is 0 Å². The van der Waals surface area contributed by atoms with E-state index < -0.39 is 11.7 Å². The summed E-state index contributed by atoms with van der Waals surface area (Å²) >= 11 is 5.77. The summed E-state index contributed by atoms with van der Waals surface area (Å²) in [5.74, 6) is -1.11. The van der Waals surface area contributed by atoms with Gasteiger partial charge in [0, 0.05) is 31.1 Å². The molecule has 0 bridgehead atoms. The standard InChI is InChI=1S/C13H14ClFN2O2/c1-8(18)16-10-4-5-17(7-10)13(19)11-6-9(14)2-3-12(11)15/h2-3,6,10H,4-5,7H2,1H3,(H,16,18).